The van der Waals surface area contributed by atoms with Crippen molar-refractivity contribution in [2.45, 2.75) is 25.3 Å². The Hall–Kier alpha value is -2.08. The van der Waals surface area contributed by atoms with Crippen molar-refractivity contribution in [3.63, 3.8) is 0 Å². The van der Waals surface area contributed by atoms with Crippen molar-refractivity contribution in [3.05, 3.63) is 34.9 Å². The Bertz CT molecular complexity index is 620. The van der Waals surface area contributed by atoms with Crippen LogP contribution in [0.1, 0.15) is 18.4 Å². The molecule has 1 aromatic carbocycles. The third-order valence-electron chi connectivity index (χ3n) is 4.10. The average molecular weight is 339 g/mol. The van der Waals surface area contributed by atoms with Gasteiger partial charge >= 0.3 is 5.97 Å². The lowest BCUT2D eigenvalue weighted by Crippen LogP contribution is -2.53. The lowest BCUT2D eigenvalue weighted by molar-refractivity contribution is -0.154. The van der Waals surface area contributed by atoms with Crippen LogP contribution in [0.4, 0.5) is 0 Å². The molecule has 0 saturated carbocycles. The van der Waals surface area contributed by atoms with E-state index < -0.39 is 12.0 Å². The summed E-state index contributed by atoms with van der Waals surface area (Å²) in [6, 6.07) is 6.05. The highest BCUT2D eigenvalue weighted by molar-refractivity contribution is 6.31. The molecule has 2 amide bonds. The van der Waals surface area contributed by atoms with Crippen LogP contribution in [0.15, 0.2) is 24.3 Å². The van der Waals surface area contributed by atoms with Gasteiger partial charge in [0.1, 0.15) is 6.04 Å². The Kier molecular flexibility index (Phi) is 5.60. The summed E-state index contributed by atoms with van der Waals surface area (Å²) in [6.45, 7) is 0.111. The Morgan fingerprint density at radius 3 is 2.61 bits per heavy atom. The number of hydrogen-bond acceptors (Lipinski definition) is 3. The minimum atomic E-state index is -1.05. The van der Waals surface area contributed by atoms with Gasteiger partial charge in [0.2, 0.25) is 11.8 Å². The van der Waals surface area contributed by atoms with Crippen molar-refractivity contribution < 1.29 is 19.5 Å². The van der Waals surface area contributed by atoms with Gasteiger partial charge in [-0.25, -0.2) is 4.79 Å². The molecule has 0 spiro atoms. The molecule has 0 unspecified atom stereocenters. The first kappa shape index (κ1) is 17.3. The highest BCUT2D eigenvalue weighted by Crippen LogP contribution is 2.24. The van der Waals surface area contributed by atoms with Gasteiger partial charge < -0.3 is 15.3 Å². The highest BCUT2D eigenvalue weighted by atomic mass is 35.5. The molecule has 1 aliphatic rings. The van der Waals surface area contributed by atoms with E-state index in [-0.39, 0.29) is 37.1 Å². The Labute approximate surface area is 139 Å². The van der Waals surface area contributed by atoms with Crippen LogP contribution in [-0.4, -0.2) is 47.4 Å². The number of carbonyl (C=O) groups is 3. The van der Waals surface area contributed by atoms with Crippen molar-refractivity contribution in [1.82, 2.24) is 10.2 Å². The maximum atomic E-state index is 12.6. The summed E-state index contributed by atoms with van der Waals surface area (Å²) in [6.07, 6.45) is 0.734. The Balaban J connectivity index is 2.17. The molecule has 0 aliphatic carbocycles. The summed E-state index contributed by atoms with van der Waals surface area (Å²) in [5, 5.41) is 12.4. The smallest absolute Gasteiger partial charge is 0.326 e. The maximum absolute atomic E-state index is 12.6. The second kappa shape index (κ2) is 7.46. The van der Waals surface area contributed by atoms with E-state index in [0.717, 1.165) is 0 Å². The molecule has 0 radical (unpaired) electrons. The fourth-order valence-electron chi connectivity index (χ4n) is 2.83. The van der Waals surface area contributed by atoms with Gasteiger partial charge in [-0.1, -0.05) is 29.8 Å². The van der Waals surface area contributed by atoms with Gasteiger partial charge in [0.25, 0.3) is 0 Å². The summed E-state index contributed by atoms with van der Waals surface area (Å²) >= 11 is 6.06. The molecule has 7 heteroatoms. The lowest BCUT2D eigenvalue weighted by atomic mass is 9.91. The minimum absolute atomic E-state index is 0.0178. The predicted molar refractivity (Wildman–Crippen MR) is 85.1 cm³/mol. The van der Waals surface area contributed by atoms with E-state index >= 15 is 0 Å². The highest BCUT2D eigenvalue weighted by Gasteiger charge is 2.38. The number of carboxylic acid groups (broad SMARTS) is 1. The number of carbonyl (C=O) groups excluding carboxylic acids is 2. The molecule has 1 aliphatic heterocycles. The van der Waals surface area contributed by atoms with Crippen molar-refractivity contribution in [3.8, 4) is 0 Å². The van der Waals surface area contributed by atoms with Crippen molar-refractivity contribution in [1.29, 1.82) is 0 Å². The van der Waals surface area contributed by atoms with Crippen LogP contribution >= 0.6 is 11.6 Å². The number of aliphatic carboxylic acids is 1. The minimum Gasteiger partial charge on any atom is -0.480 e. The van der Waals surface area contributed by atoms with Crippen molar-refractivity contribution in [2.75, 3.05) is 13.6 Å². The zero-order valence-electron chi connectivity index (χ0n) is 12.8. The fourth-order valence-corrected chi connectivity index (χ4v) is 3.03. The van der Waals surface area contributed by atoms with E-state index in [1.54, 1.807) is 24.3 Å². The first-order valence-electron chi connectivity index (χ1n) is 7.41. The summed E-state index contributed by atoms with van der Waals surface area (Å²) in [5.74, 6) is -1.94. The number of likely N-dealkylation sites (tertiary alicyclic amines) is 1. The molecular formula is C16H19ClN2O4. The van der Waals surface area contributed by atoms with Crippen LogP contribution in [0.25, 0.3) is 0 Å². The van der Waals surface area contributed by atoms with Gasteiger partial charge in [-0.2, -0.15) is 0 Å². The van der Waals surface area contributed by atoms with E-state index in [1.165, 1.54) is 11.9 Å². The maximum Gasteiger partial charge on any atom is 0.326 e. The molecule has 1 saturated heterocycles. The first-order valence-corrected chi connectivity index (χ1v) is 7.79. The second-order valence-electron chi connectivity index (χ2n) is 5.56. The Morgan fingerprint density at radius 2 is 2.00 bits per heavy atom. The molecule has 6 nitrogen and oxygen atoms in total. The molecule has 1 aromatic rings. The Morgan fingerprint density at radius 1 is 1.30 bits per heavy atom. The SMILES string of the molecule is CNC(=O)[C@H]1CC[C@@H](C(=O)O)N(C(=O)Cc2ccccc2Cl)C1. The largest absolute Gasteiger partial charge is 0.480 e. The number of benzene rings is 1. The normalized spacial score (nSPS) is 20.9. The van der Waals surface area contributed by atoms with Gasteiger partial charge in [-0.05, 0) is 24.5 Å². The number of hydrogen-bond donors (Lipinski definition) is 2. The number of carboxylic acids is 1. The predicted octanol–water partition coefficient (Wildman–Crippen LogP) is 1.32. The monoisotopic (exact) mass is 338 g/mol. The number of nitrogens with zero attached hydrogens (tertiary/aromatic N) is 1. The molecule has 2 atom stereocenters. The van der Waals surface area contributed by atoms with Crippen molar-refractivity contribution >= 4 is 29.4 Å². The van der Waals surface area contributed by atoms with Crippen LogP contribution in [0.5, 0.6) is 0 Å². The van der Waals surface area contributed by atoms with Gasteiger partial charge in [-0.3, -0.25) is 9.59 Å². The molecule has 23 heavy (non-hydrogen) atoms. The van der Waals surface area contributed by atoms with Gasteiger partial charge in [-0.15, -0.1) is 0 Å². The standard InChI is InChI=1S/C16H19ClN2O4/c1-18-15(21)11-6-7-13(16(22)23)19(9-11)14(20)8-10-4-2-3-5-12(10)17/h2-5,11,13H,6-9H2,1H3,(H,18,21)(H,22,23)/t11-,13-/m0/s1. The van der Waals surface area contributed by atoms with Crippen LogP contribution in [0.2, 0.25) is 5.02 Å². The average Bonchev–Trinajstić information content (AvgIpc) is 2.55. The molecule has 1 fully saturated rings. The fraction of sp³-hybridized carbons (Fsp3) is 0.438. The van der Waals surface area contributed by atoms with E-state index in [1.807, 2.05) is 0 Å². The molecule has 2 rings (SSSR count). The van der Waals surface area contributed by atoms with E-state index in [9.17, 15) is 19.5 Å². The first-order chi connectivity index (χ1) is 10.9. The molecule has 1 heterocycles. The number of piperidine rings is 1. The lowest BCUT2D eigenvalue weighted by Gasteiger charge is -2.36. The third-order valence-corrected chi connectivity index (χ3v) is 4.47. The van der Waals surface area contributed by atoms with Crippen LogP contribution in [0.3, 0.4) is 0 Å². The van der Waals surface area contributed by atoms with E-state index in [2.05, 4.69) is 5.32 Å². The molecule has 0 aromatic heterocycles. The molecule has 124 valence electrons. The zero-order chi connectivity index (χ0) is 17.0. The van der Waals surface area contributed by atoms with E-state index in [0.29, 0.717) is 17.0 Å². The molecule has 0 bridgehead atoms. The third kappa shape index (κ3) is 4.01. The van der Waals surface area contributed by atoms with Gasteiger partial charge in [0.15, 0.2) is 0 Å². The van der Waals surface area contributed by atoms with Gasteiger partial charge in [0, 0.05) is 18.6 Å². The number of rotatable bonds is 4. The summed E-state index contributed by atoms with van der Waals surface area (Å²) in [4.78, 5) is 37.1. The summed E-state index contributed by atoms with van der Waals surface area (Å²) in [7, 11) is 1.53. The number of nitrogens with one attached hydrogen (secondary N) is 1. The van der Waals surface area contributed by atoms with Gasteiger partial charge in [0.05, 0.1) is 12.3 Å². The van der Waals surface area contributed by atoms with E-state index in [4.69, 9.17) is 11.6 Å². The number of halogens is 1. The van der Waals surface area contributed by atoms with Crippen LogP contribution in [0, 0.1) is 5.92 Å². The zero-order valence-corrected chi connectivity index (χ0v) is 13.5. The number of amides is 2. The summed E-state index contributed by atoms with van der Waals surface area (Å²) < 4.78 is 0. The van der Waals surface area contributed by atoms with Crippen LogP contribution in [-0.2, 0) is 20.8 Å². The topological polar surface area (TPSA) is 86.7 Å². The molecule has 2 N–H and O–H groups in total. The quantitative estimate of drug-likeness (QED) is 0.867. The van der Waals surface area contributed by atoms with Crippen LogP contribution < -0.4 is 5.32 Å². The summed E-state index contributed by atoms with van der Waals surface area (Å²) in [5.41, 5.74) is 0.644. The van der Waals surface area contributed by atoms with Crippen molar-refractivity contribution in [2.24, 2.45) is 5.92 Å². The second-order valence-corrected chi connectivity index (χ2v) is 5.96. The molecular weight excluding hydrogens is 320 g/mol.